The van der Waals surface area contributed by atoms with E-state index in [1.54, 1.807) is 18.6 Å². The van der Waals surface area contributed by atoms with Crippen molar-refractivity contribution in [2.24, 2.45) is 0 Å². The molecule has 0 aliphatic rings. The van der Waals surface area contributed by atoms with Crippen molar-refractivity contribution in [1.82, 2.24) is 35.0 Å². The van der Waals surface area contributed by atoms with Crippen LogP contribution >= 0.6 is 0 Å². The average molecular weight is 413 g/mol. The lowest BCUT2D eigenvalue weighted by molar-refractivity contribution is 0.261. The highest BCUT2D eigenvalue weighted by molar-refractivity contribution is 5.94. The molecule has 0 radical (unpaired) electrons. The molecule has 0 amide bonds. The molecule has 0 saturated carbocycles. The quantitative estimate of drug-likeness (QED) is 0.439. The van der Waals surface area contributed by atoms with Gasteiger partial charge in [0.15, 0.2) is 5.82 Å². The molecule has 4 aromatic heterocycles. The molecule has 0 atom stereocenters. The lowest BCUT2D eigenvalue weighted by Gasteiger charge is -2.11. The predicted molar refractivity (Wildman–Crippen MR) is 121 cm³/mol. The summed E-state index contributed by atoms with van der Waals surface area (Å²) in [5.74, 6) is 1.45. The van der Waals surface area contributed by atoms with E-state index in [-0.39, 0.29) is 0 Å². The van der Waals surface area contributed by atoms with Crippen molar-refractivity contribution in [1.29, 1.82) is 0 Å². The summed E-state index contributed by atoms with van der Waals surface area (Å²) in [6.07, 6.45) is 5.30. The first kappa shape index (κ1) is 19.2. The summed E-state index contributed by atoms with van der Waals surface area (Å²) in [5.41, 5.74) is 6.37. The number of fused-ring (bicyclic) bond motifs is 2. The van der Waals surface area contributed by atoms with Crippen LogP contribution < -0.4 is 4.74 Å². The molecule has 0 spiro atoms. The Balaban J connectivity index is 1.51. The van der Waals surface area contributed by atoms with Gasteiger partial charge in [-0.15, -0.1) is 0 Å². The molecule has 0 unspecified atom stereocenters. The summed E-state index contributed by atoms with van der Waals surface area (Å²) in [5, 5.41) is 8.50. The number of aryl methyl sites for hydroxylation is 1. The molecule has 31 heavy (non-hydrogen) atoms. The number of aromatic nitrogens is 6. The van der Waals surface area contributed by atoms with Gasteiger partial charge in [-0.2, -0.15) is 5.10 Å². The summed E-state index contributed by atoms with van der Waals surface area (Å²) in [7, 11) is 4.03. The lowest BCUT2D eigenvalue weighted by Crippen LogP contribution is -2.19. The Morgan fingerprint density at radius 3 is 2.81 bits per heavy atom. The number of H-pyrrole nitrogens is 2. The fourth-order valence-electron chi connectivity index (χ4n) is 3.53. The number of imidazole rings is 1. The molecule has 0 bridgehead atoms. The minimum atomic E-state index is 0.599. The van der Waals surface area contributed by atoms with Crippen LogP contribution in [0, 0.1) is 6.92 Å². The van der Waals surface area contributed by atoms with Gasteiger partial charge >= 0.3 is 0 Å². The molecular formula is C23H23N7O. The van der Waals surface area contributed by atoms with Gasteiger partial charge in [0.1, 0.15) is 18.1 Å². The van der Waals surface area contributed by atoms with Crippen LogP contribution in [0.25, 0.3) is 44.7 Å². The SMILES string of the molecule is Cc1cccc2[nH]c(-c3n[nH]c4cnc(-c5cncc(OCCN(C)C)c5)cc34)nc12. The second-order valence-corrected chi connectivity index (χ2v) is 7.80. The molecule has 0 fully saturated rings. The Morgan fingerprint density at radius 2 is 1.97 bits per heavy atom. The van der Waals surface area contributed by atoms with Gasteiger partial charge in [0.2, 0.25) is 0 Å². The van der Waals surface area contributed by atoms with E-state index in [2.05, 4.69) is 43.0 Å². The maximum absolute atomic E-state index is 5.82. The molecule has 8 heteroatoms. The molecule has 5 rings (SSSR count). The summed E-state index contributed by atoms with van der Waals surface area (Å²) in [4.78, 5) is 19.1. The predicted octanol–water partition coefficient (Wildman–Crippen LogP) is 3.81. The smallest absolute Gasteiger partial charge is 0.159 e. The monoisotopic (exact) mass is 413 g/mol. The molecule has 2 N–H and O–H groups in total. The zero-order chi connectivity index (χ0) is 21.4. The van der Waals surface area contributed by atoms with Crippen molar-refractivity contribution in [2.45, 2.75) is 6.92 Å². The van der Waals surface area contributed by atoms with Gasteiger partial charge < -0.3 is 14.6 Å². The lowest BCUT2D eigenvalue weighted by atomic mass is 10.1. The van der Waals surface area contributed by atoms with Crippen molar-refractivity contribution in [3.05, 3.63) is 54.5 Å². The molecule has 0 aliphatic heterocycles. The van der Waals surface area contributed by atoms with Crippen LogP contribution in [-0.4, -0.2) is 62.3 Å². The molecular weight excluding hydrogens is 390 g/mol. The highest BCUT2D eigenvalue weighted by Gasteiger charge is 2.15. The summed E-state index contributed by atoms with van der Waals surface area (Å²) >= 11 is 0. The fraction of sp³-hybridized carbons (Fsp3) is 0.217. The third-order valence-electron chi connectivity index (χ3n) is 5.20. The molecule has 0 aliphatic carbocycles. The van der Waals surface area contributed by atoms with Gasteiger partial charge in [-0.05, 0) is 44.8 Å². The molecule has 156 valence electrons. The Hall–Kier alpha value is -3.78. The first-order valence-electron chi connectivity index (χ1n) is 10.1. The van der Waals surface area contributed by atoms with Gasteiger partial charge in [0.25, 0.3) is 0 Å². The zero-order valence-corrected chi connectivity index (χ0v) is 17.7. The number of aromatic amines is 2. The van der Waals surface area contributed by atoms with Crippen molar-refractivity contribution >= 4 is 21.9 Å². The maximum atomic E-state index is 5.82. The van der Waals surface area contributed by atoms with Crippen LogP contribution in [0.15, 0.2) is 48.9 Å². The van der Waals surface area contributed by atoms with E-state index in [0.29, 0.717) is 6.61 Å². The average Bonchev–Trinajstić information content (AvgIpc) is 3.38. The highest BCUT2D eigenvalue weighted by atomic mass is 16.5. The van der Waals surface area contributed by atoms with Gasteiger partial charge in [-0.25, -0.2) is 4.98 Å². The Labute approximate surface area is 179 Å². The number of nitrogens with zero attached hydrogens (tertiary/aromatic N) is 5. The number of nitrogens with one attached hydrogen (secondary N) is 2. The van der Waals surface area contributed by atoms with Crippen LogP contribution in [0.1, 0.15) is 5.56 Å². The third kappa shape index (κ3) is 3.73. The first-order chi connectivity index (χ1) is 15.1. The van der Waals surface area contributed by atoms with E-state index < -0.39 is 0 Å². The molecule has 4 heterocycles. The van der Waals surface area contributed by atoms with Crippen LogP contribution in [0.3, 0.4) is 0 Å². The van der Waals surface area contributed by atoms with Crippen LogP contribution in [0.2, 0.25) is 0 Å². The summed E-state index contributed by atoms with van der Waals surface area (Å²) in [6.45, 7) is 3.49. The van der Waals surface area contributed by atoms with Crippen molar-refractivity contribution in [2.75, 3.05) is 27.2 Å². The normalized spacial score (nSPS) is 11.6. The number of rotatable bonds is 6. The highest BCUT2D eigenvalue weighted by Crippen LogP contribution is 2.30. The van der Waals surface area contributed by atoms with Crippen molar-refractivity contribution < 1.29 is 4.74 Å². The minimum Gasteiger partial charge on any atom is -0.491 e. The maximum Gasteiger partial charge on any atom is 0.159 e. The van der Waals surface area contributed by atoms with Gasteiger partial charge in [-0.1, -0.05) is 12.1 Å². The van der Waals surface area contributed by atoms with E-state index in [1.807, 2.05) is 38.4 Å². The van der Waals surface area contributed by atoms with Crippen molar-refractivity contribution in [3.63, 3.8) is 0 Å². The second kappa shape index (κ2) is 7.81. The number of ether oxygens (including phenoxy) is 1. The minimum absolute atomic E-state index is 0.599. The van der Waals surface area contributed by atoms with E-state index in [9.17, 15) is 0 Å². The Bertz CT molecular complexity index is 1370. The number of para-hydroxylation sites is 1. The van der Waals surface area contributed by atoms with Crippen LogP contribution in [-0.2, 0) is 0 Å². The van der Waals surface area contributed by atoms with E-state index in [1.165, 1.54) is 0 Å². The fourth-order valence-corrected chi connectivity index (χ4v) is 3.53. The second-order valence-electron chi connectivity index (χ2n) is 7.80. The Kier molecular flexibility index (Phi) is 4.83. The number of pyridine rings is 2. The molecule has 0 saturated heterocycles. The van der Waals surface area contributed by atoms with Gasteiger partial charge in [0.05, 0.1) is 34.6 Å². The third-order valence-corrected chi connectivity index (χ3v) is 5.20. The van der Waals surface area contributed by atoms with Crippen molar-refractivity contribution in [3.8, 4) is 28.5 Å². The number of hydrogen-bond donors (Lipinski definition) is 2. The number of benzene rings is 1. The number of likely N-dealkylation sites (N-methyl/N-ethyl adjacent to an activating group) is 1. The topological polar surface area (TPSA) is 95.6 Å². The Morgan fingerprint density at radius 1 is 1.06 bits per heavy atom. The molecule has 8 nitrogen and oxygen atoms in total. The molecule has 5 aromatic rings. The van der Waals surface area contributed by atoms with Gasteiger partial charge in [-0.3, -0.25) is 15.1 Å². The molecule has 1 aromatic carbocycles. The van der Waals surface area contributed by atoms with Gasteiger partial charge in [0, 0.05) is 23.7 Å². The zero-order valence-electron chi connectivity index (χ0n) is 17.7. The summed E-state index contributed by atoms with van der Waals surface area (Å²) in [6, 6.07) is 10.1. The van der Waals surface area contributed by atoms with Crippen LogP contribution in [0.4, 0.5) is 0 Å². The summed E-state index contributed by atoms with van der Waals surface area (Å²) < 4.78 is 5.82. The first-order valence-corrected chi connectivity index (χ1v) is 10.1. The standard InChI is InChI=1S/C23H23N7O/c1-14-5-4-6-18-21(14)27-23(26-18)22-17-10-19(25-13-20(17)28-29-22)15-9-16(12-24-11-15)31-8-7-30(2)3/h4-6,9-13H,7-8H2,1-3H3,(H,26,27)(H,28,29). The van der Waals surface area contributed by atoms with E-state index in [0.717, 1.165) is 62.6 Å². The van der Waals surface area contributed by atoms with E-state index in [4.69, 9.17) is 9.72 Å². The van der Waals surface area contributed by atoms with Crippen LogP contribution in [0.5, 0.6) is 5.75 Å². The van der Waals surface area contributed by atoms with E-state index >= 15 is 0 Å². The largest absolute Gasteiger partial charge is 0.491 e. The number of hydrogen-bond acceptors (Lipinski definition) is 6.